The highest BCUT2D eigenvalue weighted by Gasteiger charge is 2.35. The van der Waals surface area contributed by atoms with E-state index in [1.165, 1.54) is 17.7 Å². The van der Waals surface area contributed by atoms with E-state index in [1.807, 2.05) is 55.5 Å². The maximum Gasteiger partial charge on any atom is 0.227 e. The first-order chi connectivity index (χ1) is 15.6. The first-order valence-electron chi connectivity index (χ1n) is 10.8. The standard InChI is InChI=1S/C26H24FN3O2/c1-18-9-11-22(12-10-18)32-14-13-29-24-8-3-2-7-23(24)28-26(29)19-15-25(31)30(17-19)21-6-4-5-20(27)16-21/h2-12,16,19H,13-15,17H2,1H3. The summed E-state index contributed by atoms with van der Waals surface area (Å²) < 4.78 is 21.8. The van der Waals surface area contributed by atoms with Gasteiger partial charge in [-0.2, -0.15) is 0 Å². The Morgan fingerprint density at radius 3 is 2.69 bits per heavy atom. The third kappa shape index (κ3) is 3.96. The molecule has 3 aromatic carbocycles. The number of aryl methyl sites for hydroxylation is 1. The molecule has 4 aromatic rings. The molecule has 1 atom stereocenters. The molecule has 0 aliphatic carbocycles. The van der Waals surface area contributed by atoms with E-state index < -0.39 is 0 Å². The summed E-state index contributed by atoms with van der Waals surface area (Å²) in [4.78, 5) is 19.3. The van der Waals surface area contributed by atoms with E-state index in [2.05, 4.69) is 4.57 Å². The molecule has 1 amide bonds. The minimum Gasteiger partial charge on any atom is -0.492 e. The number of hydrogen-bond acceptors (Lipinski definition) is 3. The maximum absolute atomic E-state index is 13.7. The van der Waals surface area contributed by atoms with Crippen molar-refractivity contribution in [1.29, 1.82) is 0 Å². The van der Waals surface area contributed by atoms with E-state index in [4.69, 9.17) is 9.72 Å². The predicted octanol–water partition coefficient (Wildman–Crippen LogP) is 5.08. The second-order valence-electron chi connectivity index (χ2n) is 8.16. The van der Waals surface area contributed by atoms with Crippen molar-refractivity contribution < 1.29 is 13.9 Å². The van der Waals surface area contributed by atoms with Gasteiger partial charge >= 0.3 is 0 Å². The molecule has 0 radical (unpaired) electrons. The van der Waals surface area contributed by atoms with Crippen LogP contribution in [0.2, 0.25) is 0 Å². The number of carbonyl (C=O) groups excluding carboxylic acids is 1. The fourth-order valence-electron chi connectivity index (χ4n) is 4.30. The molecule has 1 saturated heterocycles. The van der Waals surface area contributed by atoms with Gasteiger partial charge in [-0.05, 0) is 49.4 Å². The molecule has 1 aromatic heterocycles. The van der Waals surface area contributed by atoms with Crippen LogP contribution in [0.3, 0.4) is 0 Å². The molecule has 1 unspecified atom stereocenters. The second-order valence-corrected chi connectivity index (χ2v) is 8.16. The second kappa shape index (κ2) is 8.46. The topological polar surface area (TPSA) is 47.4 Å². The number of para-hydroxylation sites is 2. The van der Waals surface area contributed by atoms with Crippen LogP contribution >= 0.6 is 0 Å². The van der Waals surface area contributed by atoms with E-state index in [0.717, 1.165) is 22.6 Å². The minimum absolute atomic E-state index is 0.0184. The number of aromatic nitrogens is 2. The van der Waals surface area contributed by atoms with Gasteiger partial charge in [-0.25, -0.2) is 9.37 Å². The fourth-order valence-corrected chi connectivity index (χ4v) is 4.30. The van der Waals surface area contributed by atoms with Crippen molar-refractivity contribution in [1.82, 2.24) is 9.55 Å². The van der Waals surface area contributed by atoms with Crippen LogP contribution in [0, 0.1) is 12.7 Å². The van der Waals surface area contributed by atoms with Crippen LogP contribution in [0.4, 0.5) is 10.1 Å². The SMILES string of the molecule is Cc1ccc(OCCn2c(C3CC(=O)N(c4cccc(F)c4)C3)nc3ccccc32)cc1. The predicted molar refractivity (Wildman–Crippen MR) is 123 cm³/mol. The van der Waals surface area contributed by atoms with Crippen molar-refractivity contribution in [2.75, 3.05) is 18.1 Å². The van der Waals surface area contributed by atoms with E-state index >= 15 is 0 Å². The molecular weight excluding hydrogens is 405 g/mol. The highest BCUT2D eigenvalue weighted by Crippen LogP contribution is 2.33. The summed E-state index contributed by atoms with van der Waals surface area (Å²) in [5, 5.41) is 0. The molecule has 0 spiro atoms. The zero-order valence-electron chi connectivity index (χ0n) is 17.9. The van der Waals surface area contributed by atoms with E-state index in [-0.39, 0.29) is 17.6 Å². The summed E-state index contributed by atoms with van der Waals surface area (Å²) in [7, 11) is 0. The Labute approximate surface area is 186 Å². The van der Waals surface area contributed by atoms with Crippen molar-refractivity contribution in [3.63, 3.8) is 0 Å². The van der Waals surface area contributed by atoms with E-state index in [9.17, 15) is 9.18 Å². The smallest absolute Gasteiger partial charge is 0.227 e. The molecule has 2 heterocycles. The summed E-state index contributed by atoms with van der Waals surface area (Å²) in [6.45, 7) is 3.63. The van der Waals surface area contributed by atoms with Gasteiger partial charge in [0.15, 0.2) is 0 Å². The highest BCUT2D eigenvalue weighted by atomic mass is 19.1. The summed E-state index contributed by atoms with van der Waals surface area (Å²) in [6, 6.07) is 22.1. The molecule has 162 valence electrons. The molecule has 6 heteroatoms. The van der Waals surface area contributed by atoms with Crippen molar-refractivity contribution in [3.05, 3.63) is 90.0 Å². The van der Waals surface area contributed by atoms with Gasteiger partial charge in [-0.1, -0.05) is 35.9 Å². The van der Waals surface area contributed by atoms with Gasteiger partial charge < -0.3 is 14.2 Å². The zero-order chi connectivity index (χ0) is 22.1. The molecule has 1 fully saturated rings. The van der Waals surface area contributed by atoms with Crippen LogP contribution < -0.4 is 9.64 Å². The van der Waals surface area contributed by atoms with E-state index in [0.29, 0.717) is 31.8 Å². The summed E-state index contributed by atoms with van der Waals surface area (Å²) in [5.41, 5.74) is 3.69. The largest absolute Gasteiger partial charge is 0.492 e. The van der Waals surface area contributed by atoms with Gasteiger partial charge in [-0.15, -0.1) is 0 Å². The minimum atomic E-state index is -0.348. The molecule has 32 heavy (non-hydrogen) atoms. The number of carbonyl (C=O) groups is 1. The van der Waals surface area contributed by atoms with Crippen molar-refractivity contribution >= 4 is 22.6 Å². The Bertz CT molecular complexity index is 1270. The number of fused-ring (bicyclic) bond motifs is 1. The number of nitrogens with zero attached hydrogens (tertiary/aromatic N) is 3. The Hall–Kier alpha value is -3.67. The van der Waals surface area contributed by atoms with Gasteiger partial charge in [0.1, 0.15) is 24.0 Å². The number of amides is 1. The average Bonchev–Trinajstić information content (AvgIpc) is 3.36. The van der Waals surface area contributed by atoms with Gasteiger partial charge in [0.2, 0.25) is 5.91 Å². The normalized spacial score (nSPS) is 16.1. The van der Waals surface area contributed by atoms with Crippen LogP contribution in [0.25, 0.3) is 11.0 Å². The number of imidazole rings is 1. The summed E-state index contributed by atoms with van der Waals surface area (Å²) in [5.74, 6) is 1.26. The van der Waals surface area contributed by atoms with Crippen LogP contribution in [0.1, 0.15) is 23.7 Å². The lowest BCUT2D eigenvalue weighted by Gasteiger charge is -2.17. The number of anilines is 1. The quantitative estimate of drug-likeness (QED) is 0.429. The van der Waals surface area contributed by atoms with Gasteiger partial charge in [0.05, 0.1) is 17.6 Å². The lowest BCUT2D eigenvalue weighted by atomic mass is 10.1. The number of halogens is 1. The van der Waals surface area contributed by atoms with Crippen molar-refractivity contribution in [2.45, 2.75) is 25.8 Å². The van der Waals surface area contributed by atoms with Gasteiger partial charge in [-0.3, -0.25) is 4.79 Å². The number of hydrogen-bond donors (Lipinski definition) is 0. The lowest BCUT2D eigenvalue weighted by Crippen LogP contribution is -2.24. The van der Waals surface area contributed by atoms with Crippen LogP contribution in [-0.2, 0) is 11.3 Å². The molecular formula is C26H24FN3O2. The first-order valence-corrected chi connectivity index (χ1v) is 10.8. The first kappa shape index (κ1) is 20.2. The fraction of sp³-hybridized carbons (Fsp3) is 0.231. The molecule has 0 saturated carbocycles. The monoisotopic (exact) mass is 429 g/mol. The average molecular weight is 429 g/mol. The number of benzene rings is 3. The Kier molecular flexibility index (Phi) is 5.35. The van der Waals surface area contributed by atoms with Crippen LogP contribution in [0.15, 0.2) is 72.8 Å². The number of rotatable bonds is 6. The molecule has 1 aliphatic heterocycles. The third-order valence-electron chi connectivity index (χ3n) is 5.90. The van der Waals surface area contributed by atoms with Gasteiger partial charge in [0.25, 0.3) is 0 Å². The number of ether oxygens (including phenoxy) is 1. The zero-order valence-corrected chi connectivity index (χ0v) is 17.9. The van der Waals surface area contributed by atoms with Crippen LogP contribution in [-0.4, -0.2) is 28.6 Å². The lowest BCUT2D eigenvalue weighted by molar-refractivity contribution is -0.117. The van der Waals surface area contributed by atoms with Crippen molar-refractivity contribution in [3.8, 4) is 5.75 Å². The molecule has 0 N–H and O–H groups in total. The highest BCUT2D eigenvalue weighted by molar-refractivity contribution is 5.96. The summed E-state index contributed by atoms with van der Waals surface area (Å²) >= 11 is 0. The van der Waals surface area contributed by atoms with Gasteiger partial charge in [0, 0.05) is 24.6 Å². The van der Waals surface area contributed by atoms with E-state index in [1.54, 1.807) is 17.0 Å². The summed E-state index contributed by atoms with van der Waals surface area (Å²) in [6.07, 6.45) is 0.346. The van der Waals surface area contributed by atoms with Crippen LogP contribution in [0.5, 0.6) is 5.75 Å². The Morgan fingerprint density at radius 1 is 1.06 bits per heavy atom. The Balaban J connectivity index is 1.40. The molecule has 1 aliphatic rings. The van der Waals surface area contributed by atoms with Crippen molar-refractivity contribution in [2.24, 2.45) is 0 Å². The molecule has 5 nitrogen and oxygen atoms in total. The molecule has 5 rings (SSSR count). The maximum atomic E-state index is 13.7. The third-order valence-corrected chi connectivity index (χ3v) is 5.90. The molecule has 0 bridgehead atoms. The Morgan fingerprint density at radius 2 is 1.88 bits per heavy atom.